The maximum Gasteiger partial charge on any atom is 0.258 e. The van der Waals surface area contributed by atoms with E-state index < -0.39 is 5.54 Å². The van der Waals surface area contributed by atoms with Crippen LogP contribution >= 0.6 is 0 Å². The molecule has 1 heterocycles. The number of rotatable bonds is 7. The van der Waals surface area contributed by atoms with Crippen molar-refractivity contribution in [3.8, 4) is 11.5 Å². The molecule has 3 aromatic rings. The van der Waals surface area contributed by atoms with Crippen LogP contribution in [0.2, 0.25) is 0 Å². The number of carbonyl (C=O) groups excluding carboxylic acids is 1. The molecule has 1 aromatic heterocycles. The van der Waals surface area contributed by atoms with Crippen LogP contribution in [0.5, 0.6) is 11.5 Å². The highest BCUT2D eigenvalue weighted by atomic mass is 16.5. The number of aromatic amines is 1. The number of amides is 1. The van der Waals surface area contributed by atoms with E-state index in [1.807, 2.05) is 50.4 Å². The number of ether oxygens (including phenoxy) is 2. The van der Waals surface area contributed by atoms with Crippen molar-refractivity contribution in [3.05, 3.63) is 60.3 Å². The lowest BCUT2D eigenvalue weighted by molar-refractivity contribution is -0.124. The van der Waals surface area contributed by atoms with Crippen LogP contribution in [0.15, 0.2) is 54.7 Å². The normalized spacial score (nSPS) is 11.3. The molecule has 5 heteroatoms. The molecule has 0 aliphatic heterocycles. The molecule has 0 saturated carbocycles. The summed E-state index contributed by atoms with van der Waals surface area (Å²) in [6.45, 7) is 3.96. The van der Waals surface area contributed by atoms with E-state index in [4.69, 9.17) is 9.47 Å². The van der Waals surface area contributed by atoms with Crippen molar-refractivity contribution < 1.29 is 14.3 Å². The van der Waals surface area contributed by atoms with Crippen molar-refractivity contribution >= 4 is 16.8 Å². The largest absolute Gasteiger partial charge is 0.493 e. The van der Waals surface area contributed by atoms with Gasteiger partial charge >= 0.3 is 0 Å². The van der Waals surface area contributed by atoms with Crippen LogP contribution in [-0.2, 0) is 11.2 Å². The Morgan fingerprint density at radius 3 is 2.54 bits per heavy atom. The summed E-state index contributed by atoms with van der Waals surface area (Å²) < 4.78 is 10.8. The molecule has 1 amide bonds. The molecule has 136 valence electrons. The monoisotopic (exact) mass is 352 g/mol. The topological polar surface area (TPSA) is 63.4 Å². The van der Waals surface area contributed by atoms with E-state index in [-0.39, 0.29) is 12.5 Å². The molecule has 0 fully saturated rings. The maximum absolute atomic E-state index is 12.3. The summed E-state index contributed by atoms with van der Waals surface area (Å²) >= 11 is 0. The first kappa shape index (κ1) is 17.9. The Bertz CT molecular complexity index is 899. The Morgan fingerprint density at radius 1 is 1.08 bits per heavy atom. The minimum Gasteiger partial charge on any atom is -0.493 e. The number of aromatic nitrogens is 1. The molecule has 3 rings (SSSR count). The lowest BCUT2D eigenvalue weighted by Crippen LogP contribution is -2.47. The fraction of sp³-hybridized carbons (Fsp3) is 0.286. The first-order valence-electron chi connectivity index (χ1n) is 8.60. The number of benzene rings is 2. The van der Waals surface area contributed by atoms with Crippen molar-refractivity contribution in [2.75, 3.05) is 13.7 Å². The summed E-state index contributed by atoms with van der Waals surface area (Å²) in [5, 5.41) is 4.23. The molecule has 2 N–H and O–H groups in total. The summed E-state index contributed by atoms with van der Waals surface area (Å²) in [6.07, 6.45) is 2.72. The molecule has 0 unspecified atom stereocenters. The van der Waals surface area contributed by atoms with Crippen LogP contribution in [0.25, 0.3) is 10.9 Å². The molecule has 0 saturated heterocycles. The quantitative estimate of drug-likeness (QED) is 0.682. The van der Waals surface area contributed by atoms with E-state index in [0.717, 1.165) is 11.9 Å². The zero-order chi connectivity index (χ0) is 18.6. The molecule has 0 radical (unpaired) electrons. The number of nitrogens with one attached hydrogen (secondary N) is 2. The van der Waals surface area contributed by atoms with E-state index in [1.54, 1.807) is 19.2 Å². The smallest absolute Gasteiger partial charge is 0.258 e. The summed E-state index contributed by atoms with van der Waals surface area (Å²) in [4.78, 5) is 15.6. The van der Waals surface area contributed by atoms with Crippen molar-refractivity contribution in [2.24, 2.45) is 0 Å². The zero-order valence-electron chi connectivity index (χ0n) is 15.3. The number of carbonyl (C=O) groups is 1. The van der Waals surface area contributed by atoms with Gasteiger partial charge in [-0.1, -0.05) is 30.3 Å². The van der Waals surface area contributed by atoms with Crippen molar-refractivity contribution in [1.29, 1.82) is 0 Å². The van der Waals surface area contributed by atoms with Gasteiger partial charge in [0.05, 0.1) is 7.11 Å². The minimum absolute atomic E-state index is 0.0578. The van der Waals surface area contributed by atoms with E-state index in [1.165, 1.54) is 10.9 Å². The van der Waals surface area contributed by atoms with E-state index in [2.05, 4.69) is 16.4 Å². The Morgan fingerprint density at radius 2 is 1.77 bits per heavy atom. The number of para-hydroxylation sites is 3. The highest BCUT2D eigenvalue weighted by Gasteiger charge is 2.23. The van der Waals surface area contributed by atoms with Crippen molar-refractivity contribution in [3.63, 3.8) is 0 Å². The summed E-state index contributed by atoms with van der Waals surface area (Å²) in [5.74, 6) is 0.999. The molecule has 26 heavy (non-hydrogen) atoms. The lowest BCUT2D eigenvalue weighted by atomic mass is 9.94. The number of H-pyrrole nitrogens is 1. The highest BCUT2D eigenvalue weighted by molar-refractivity contribution is 5.83. The highest BCUT2D eigenvalue weighted by Crippen LogP contribution is 2.26. The van der Waals surface area contributed by atoms with Gasteiger partial charge < -0.3 is 19.8 Å². The van der Waals surface area contributed by atoms with Crippen LogP contribution < -0.4 is 14.8 Å². The van der Waals surface area contributed by atoms with Gasteiger partial charge in [0, 0.05) is 22.6 Å². The maximum atomic E-state index is 12.3. The molecule has 5 nitrogen and oxygen atoms in total. The van der Waals surface area contributed by atoms with Crippen LogP contribution in [0, 0.1) is 0 Å². The SMILES string of the molecule is COc1ccccc1OCC(=O)NC(C)(C)Cc1c[nH]c2ccccc12. The molecule has 0 bridgehead atoms. The van der Waals surface area contributed by atoms with E-state index in [0.29, 0.717) is 11.5 Å². The number of methoxy groups -OCH3 is 1. The number of hydrogen-bond acceptors (Lipinski definition) is 3. The fourth-order valence-electron chi connectivity index (χ4n) is 3.09. The van der Waals surface area contributed by atoms with Crippen molar-refractivity contribution in [1.82, 2.24) is 10.3 Å². The van der Waals surface area contributed by atoms with Gasteiger partial charge in [-0.25, -0.2) is 0 Å². The third kappa shape index (κ3) is 4.17. The number of hydrogen-bond donors (Lipinski definition) is 2. The van der Waals surface area contributed by atoms with Crippen LogP contribution in [-0.4, -0.2) is 30.1 Å². The Hall–Kier alpha value is -2.95. The number of fused-ring (bicyclic) bond motifs is 1. The van der Waals surface area contributed by atoms with Crippen LogP contribution in [0.1, 0.15) is 19.4 Å². The summed E-state index contributed by atoms with van der Waals surface area (Å²) in [7, 11) is 1.58. The summed E-state index contributed by atoms with van der Waals surface area (Å²) in [6, 6.07) is 15.4. The third-order valence-corrected chi connectivity index (χ3v) is 4.21. The molecule has 0 aliphatic rings. The second kappa shape index (κ2) is 7.52. The Kier molecular flexibility index (Phi) is 5.16. The van der Waals surface area contributed by atoms with Gasteiger partial charge in [0.25, 0.3) is 5.91 Å². The van der Waals surface area contributed by atoms with Gasteiger partial charge in [0.15, 0.2) is 18.1 Å². The van der Waals surface area contributed by atoms with E-state index in [9.17, 15) is 4.79 Å². The predicted molar refractivity (Wildman–Crippen MR) is 103 cm³/mol. The third-order valence-electron chi connectivity index (χ3n) is 4.21. The van der Waals surface area contributed by atoms with Crippen molar-refractivity contribution in [2.45, 2.75) is 25.8 Å². The van der Waals surface area contributed by atoms with Gasteiger partial charge in [-0.3, -0.25) is 4.79 Å². The van der Waals surface area contributed by atoms with Gasteiger partial charge in [-0.2, -0.15) is 0 Å². The molecular weight excluding hydrogens is 328 g/mol. The standard InChI is InChI=1S/C21H24N2O3/c1-21(2,12-15-13-22-17-9-5-4-8-16(15)17)23-20(24)14-26-19-11-7-6-10-18(19)25-3/h4-11,13,22H,12,14H2,1-3H3,(H,23,24). The molecule has 2 aromatic carbocycles. The summed E-state index contributed by atoms with van der Waals surface area (Å²) in [5.41, 5.74) is 1.88. The average molecular weight is 352 g/mol. The second-order valence-electron chi connectivity index (χ2n) is 6.91. The zero-order valence-corrected chi connectivity index (χ0v) is 15.3. The fourth-order valence-corrected chi connectivity index (χ4v) is 3.09. The van der Waals surface area contributed by atoms with Gasteiger partial charge in [0.1, 0.15) is 0 Å². The Balaban J connectivity index is 1.60. The molecule has 0 spiro atoms. The first-order chi connectivity index (χ1) is 12.5. The van der Waals surface area contributed by atoms with Gasteiger partial charge in [0.2, 0.25) is 0 Å². The van der Waals surface area contributed by atoms with Crippen LogP contribution in [0.4, 0.5) is 0 Å². The second-order valence-corrected chi connectivity index (χ2v) is 6.91. The first-order valence-corrected chi connectivity index (χ1v) is 8.60. The molecule has 0 atom stereocenters. The van der Waals surface area contributed by atoms with Gasteiger partial charge in [-0.05, 0) is 44.0 Å². The Labute approximate surface area is 153 Å². The predicted octanol–water partition coefficient (Wildman–Crippen LogP) is 3.69. The lowest BCUT2D eigenvalue weighted by Gasteiger charge is -2.26. The van der Waals surface area contributed by atoms with E-state index >= 15 is 0 Å². The van der Waals surface area contributed by atoms with Crippen LogP contribution in [0.3, 0.4) is 0 Å². The molecular formula is C21H24N2O3. The van der Waals surface area contributed by atoms with Gasteiger partial charge in [-0.15, -0.1) is 0 Å². The average Bonchev–Trinajstić information content (AvgIpc) is 3.02. The molecule has 0 aliphatic carbocycles. The minimum atomic E-state index is -0.397.